The van der Waals surface area contributed by atoms with Gasteiger partial charge >= 0.3 is 0 Å². The van der Waals surface area contributed by atoms with Crippen molar-refractivity contribution in [1.82, 2.24) is 0 Å². The van der Waals surface area contributed by atoms with Gasteiger partial charge in [0.1, 0.15) is 11.8 Å². The molecule has 0 aromatic heterocycles. The van der Waals surface area contributed by atoms with E-state index in [1.54, 1.807) is 24.3 Å². The molecule has 0 aliphatic rings. The van der Waals surface area contributed by atoms with E-state index in [4.69, 9.17) is 21.6 Å². The van der Waals surface area contributed by atoms with Crippen molar-refractivity contribution in [1.29, 1.82) is 5.26 Å². The molecule has 4 nitrogen and oxygen atoms in total. The molecule has 2 rings (SSSR count). The zero-order chi connectivity index (χ0) is 14.4. The van der Waals surface area contributed by atoms with Crippen molar-refractivity contribution in [3.63, 3.8) is 0 Å². The normalized spacial score (nSPS) is 9.60. The smallest absolute Gasteiger partial charge is 0.262 e. The van der Waals surface area contributed by atoms with E-state index in [1.165, 1.54) is 6.07 Å². The summed E-state index contributed by atoms with van der Waals surface area (Å²) in [4.78, 5) is 11.7. The maximum absolute atomic E-state index is 11.7. The lowest BCUT2D eigenvalue weighted by molar-refractivity contribution is -0.118. The zero-order valence-electron chi connectivity index (χ0n) is 10.5. The molecule has 2 aromatic carbocycles. The summed E-state index contributed by atoms with van der Waals surface area (Å²) >= 11 is 5.78. The highest BCUT2D eigenvalue weighted by Gasteiger charge is 2.07. The first-order valence-electron chi connectivity index (χ1n) is 5.86. The number of carbonyl (C=O) groups excluding carboxylic acids is 1. The van der Waals surface area contributed by atoms with E-state index >= 15 is 0 Å². The number of hydrogen-bond acceptors (Lipinski definition) is 3. The van der Waals surface area contributed by atoms with Gasteiger partial charge in [0.15, 0.2) is 6.61 Å². The van der Waals surface area contributed by atoms with Crippen molar-refractivity contribution in [2.24, 2.45) is 0 Å². The number of hydrogen-bond donors (Lipinski definition) is 1. The van der Waals surface area contributed by atoms with Gasteiger partial charge in [0.2, 0.25) is 0 Å². The van der Waals surface area contributed by atoms with Gasteiger partial charge < -0.3 is 10.1 Å². The van der Waals surface area contributed by atoms with Crippen molar-refractivity contribution in [3.8, 4) is 11.8 Å². The van der Waals surface area contributed by atoms with Crippen molar-refractivity contribution >= 4 is 23.2 Å². The monoisotopic (exact) mass is 286 g/mol. The van der Waals surface area contributed by atoms with Crippen LogP contribution in [0, 0.1) is 11.3 Å². The number of carbonyl (C=O) groups is 1. The van der Waals surface area contributed by atoms with Gasteiger partial charge in [-0.1, -0.05) is 29.8 Å². The molecule has 0 saturated carbocycles. The number of nitriles is 1. The molecule has 100 valence electrons. The summed E-state index contributed by atoms with van der Waals surface area (Å²) in [6, 6.07) is 15.7. The Balaban J connectivity index is 1.96. The molecule has 0 radical (unpaired) electrons. The van der Waals surface area contributed by atoms with E-state index in [2.05, 4.69) is 5.32 Å². The molecule has 20 heavy (non-hydrogen) atoms. The summed E-state index contributed by atoms with van der Waals surface area (Å²) < 4.78 is 5.32. The topological polar surface area (TPSA) is 62.1 Å². The zero-order valence-corrected chi connectivity index (χ0v) is 11.2. The summed E-state index contributed by atoms with van der Waals surface area (Å²) in [6.45, 7) is -0.175. The lowest BCUT2D eigenvalue weighted by atomic mass is 10.2. The number of halogens is 1. The molecule has 0 heterocycles. The molecule has 0 bridgehead atoms. The summed E-state index contributed by atoms with van der Waals surface area (Å²) in [5, 5.41) is 12.1. The first kappa shape index (κ1) is 13.9. The molecule has 0 aliphatic carbocycles. The van der Waals surface area contributed by atoms with E-state index in [-0.39, 0.29) is 12.5 Å². The Morgan fingerprint density at radius 3 is 2.70 bits per heavy atom. The van der Waals surface area contributed by atoms with Gasteiger partial charge in [0, 0.05) is 10.7 Å². The quantitative estimate of drug-likeness (QED) is 0.938. The number of amides is 1. The van der Waals surface area contributed by atoms with Crippen LogP contribution in [0.15, 0.2) is 48.5 Å². The maximum atomic E-state index is 11.7. The number of anilines is 1. The van der Waals surface area contributed by atoms with Crippen molar-refractivity contribution < 1.29 is 9.53 Å². The van der Waals surface area contributed by atoms with Gasteiger partial charge in [-0.3, -0.25) is 4.79 Å². The highest BCUT2D eigenvalue weighted by atomic mass is 35.5. The van der Waals surface area contributed by atoms with Crippen LogP contribution in [0.5, 0.6) is 5.75 Å². The average Bonchev–Trinajstić information content (AvgIpc) is 2.47. The average molecular weight is 287 g/mol. The second-order valence-electron chi connectivity index (χ2n) is 3.96. The number of benzene rings is 2. The second kappa shape index (κ2) is 6.60. The Morgan fingerprint density at radius 1 is 1.25 bits per heavy atom. The highest BCUT2D eigenvalue weighted by Crippen LogP contribution is 2.21. The second-order valence-corrected chi connectivity index (χ2v) is 4.39. The molecule has 2 aromatic rings. The van der Waals surface area contributed by atoms with Gasteiger partial charge in [-0.15, -0.1) is 0 Å². The van der Waals surface area contributed by atoms with E-state index in [0.29, 0.717) is 22.0 Å². The van der Waals surface area contributed by atoms with Gasteiger partial charge in [0.05, 0.1) is 5.56 Å². The van der Waals surface area contributed by atoms with Crippen LogP contribution in [0.4, 0.5) is 5.69 Å². The van der Waals surface area contributed by atoms with Crippen LogP contribution in [0.2, 0.25) is 5.02 Å². The standard InChI is InChI=1S/C15H11ClN2O2/c16-12-6-7-14(11(8-12)9-17)20-10-15(19)18-13-4-2-1-3-5-13/h1-8H,10H2,(H,18,19). The van der Waals surface area contributed by atoms with Gasteiger partial charge in [-0.05, 0) is 30.3 Å². The first-order chi connectivity index (χ1) is 9.69. The fourth-order valence-corrected chi connectivity index (χ4v) is 1.75. The molecule has 0 spiro atoms. The summed E-state index contributed by atoms with van der Waals surface area (Å²) in [7, 11) is 0. The Bertz CT molecular complexity index is 651. The largest absolute Gasteiger partial charge is 0.482 e. The predicted molar refractivity (Wildman–Crippen MR) is 76.7 cm³/mol. The van der Waals surface area contributed by atoms with Crippen LogP contribution in [-0.4, -0.2) is 12.5 Å². The van der Waals surface area contributed by atoms with Crippen LogP contribution < -0.4 is 10.1 Å². The van der Waals surface area contributed by atoms with Gasteiger partial charge in [-0.25, -0.2) is 0 Å². The highest BCUT2D eigenvalue weighted by molar-refractivity contribution is 6.30. The minimum absolute atomic E-state index is 0.175. The van der Waals surface area contributed by atoms with E-state index < -0.39 is 0 Å². The summed E-state index contributed by atoms with van der Waals surface area (Å²) in [5.74, 6) is 0.0372. The molecular formula is C15H11ClN2O2. The number of para-hydroxylation sites is 1. The minimum atomic E-state index is -0.296. The lowest BCUT2D eigenvalue weighted by Crippen LogP contribution is -2.20. The van der Waals surface area contributed by atoms with Crippen LogP contribution in [0.1, 0.15) is 5.56 Å². The molecule has 5 heteroatoms. The number of nitrogens with zero attached hydrogens (tertiary/aromatic N) is 1. The third kappa shape index (κ3) is 3.74. The molecule has 0 saturated heterocycles. The third-order valence-corrected chi connectivity index (χ3v) is 2.71. The molecule has 0 fully saturated rings. The lowest BCUT2D eigenvalue weighted by Gasteiger charge is -2.08. The van der Waals surface area contributed by atoms with Crippen LogP contribution in [0.25, 0.3) is 0 Å². The van der Waals surface area contributed by atoms with Crippen LogP contribution in [0.3, 0.4) is 0 Å². The van der Waals surface area contributed by atoms with E-state index in [1.807, 2.05) is 24.3 Å². The fraction of sp³-hybridized carbons (Fsp3) is 0.0667. The van der Waals surface area contributed by atoms with Crippen LogP contribution >= 0.6 is 11.6 Å². The molecule has 0 atom stereocenters. The number of rotatable bonds is 4. The Hall–Kier alpha value is -2.51. The predicted octanol–water partition coefficient (Wildman–Crippen LogP) is 3.23. The Morgan fingerprint density at radius 2 is 2.00 bits per heavy atom. The first-order valence-corrected chi connectivity index (χ1v) is 6.24. The van der Waals surface area contributed by atoms with Crippen molar-refractivity contribution in [3.05, 3.63) is 59.1 Å². The molecular weight excluding hydrogens is 276 g/mol. The molecule has 0 aliphatic heterocycles. The number of ether oxygens (including phenoxy) is 1. The maximum Gasteiger partial charge on any atom is 0.262 e. The van der Waals surface area contributed by atoms with Gasteiger partial charge in [-0.2, -0.15) is 5.26 Å². The third-order valence-electron chi connectivity index (χ3n) is 2.48. The molecule has 1 N–H and O–H groups in total. The van der Waals surface area contributed by atoms with Crippen LogP contribution in [-0.2, 0) is 4.79 Å². The van der Waals surface area contributed by atoms with E-state index in [0.717, 1.165) is 0 Å². The van der Waals surface area contributed by atoms with Crippen molar-refractivity contribution in [2.45, 2.75) is 0 Å². The molecule has 0 unspecified atom stereocenters. The molecule has 1 amide bonds. The van der Waals surface area contributed by atoms with Crippen molar-refractivity contribution in [2.75, 3.05) is 11.9 Å². The van der Waals surface area contributed by atoms with Gasteiger partial charge in [0.25, 0.3) is 5.91 Å². The van der Waals surface area contributed by atoms with E-state index in [9.17, 15) is 4.79 Å². The Kier molecular flexibility index (Phi) is 4.59. The minimum Gasteiger partial charge on any atom is -0.482 e. The SMILES string of the molecule is N#Cc1cc(Cl)ccc1OCC(=O)Nc1ccccc1. The summed E-state index contributed by atoms with van der Waals surface area (Å²) in [5.41, 5.74) is 0.989. The fourth-order valence-electron chi connectivity index (χ4n) is 1.58. The summed E-state index contributed by atoms with van der Waals surface area (Å²) in [6.07, 6.45) is 0. The number of nitrogens with one attached hydrogen (secondary N) is 1. The Labute approximate surface area is 121 Å².